The molecule has 1 saturated carbocycles. The summed E-state index contributed by atoms with van der Waals surface area (Å²) in [4.78, 5) is 2.27. The van der Waals surface area contributed by atoms with Crippen LogP contribution in [0.5, 0.6) is 11.5 Å². The van der Waals surface area contributed by atoms with E-state index in [2.05, 4.69) is 11.0 Å². The second-order valence-corrected chi connectivity index (χ2v) is 10.2. The molecule has 3 atom stereocenters. The Balaban J connectivity index is 1.58. The van der Waals surface area contributed by atoms with Crippen LogP contribution in [0.1, 0.15) is 63.6 Å². The smallest absolute Gasteiger partial charge is 0.197 e. The molecular formula is C24H33FN2O4. The second kappa shape index (κ2) is 8.23. The number of halogens is 1. The molecule has 3 aliphatic rings. The standard InChI is InChI=1S/C24H33FN2O4/c1-23(2,3)31-20-12-27-9-6-15-16(17(27)11-18(20)28)10-19(29-4)22(21(15)25)30-14-24(13-26)7-5-8-24/h10,17-18,20,28H,5-9,11-12,14H2,1-4H3/t17-,18-,20-/m1/s1. The lowest BCUT2D eigenvalue weighted by molar-refractivity contribution is -0.149. The molecule has 6 nitrogen and oxygen atoms in total. The van der Waals surface area contributed by atoms with Crippen LogP contribution < -0.4 is 9.47 Å². The monoisotopic (exact) mass is 432 g/mol. The Morgan fingerprint density at radius 3 is 2.68 bits per heavy atom. The van der Waals surface area contributed by atoms with Gasteiger partial charge in [-0.05, 0) is 63.6 Å². The number of piperidine rings is 1. The molecule has 0 radical (unpaired) electrons. The zero-order valence-electron chi connectivity index (χ0n) is 18.9. The summed E-state index contributed by atoms with van der Waals surface area (Å²) >= 11 is 0. The lowest BCUT2D eigenvalue weighted by Gasteiger charge is -2.47. The van der Waals surface area contributed by atoms with E-state index in [1.807, 2.05) is 26.8 Å². The molecular weight excluding hydrogens is 399 g/mol. The van der Waals surface area contributed by atoms with Gasteiger partial charge in [0.05, 0.1) is 36.4 Å². The molecule has 1 aliphatic carbocycles. The first-order valence-electron chi connectivity index (χ1n) is 11.2. The maximum atomic E-state index is 15.6. The number of fused-ring (bicyclic) bond motifs is 3. The van der Waals surface area contributed by atoms with E-state index in [1.165, 1.54) is 7.11 Å². The SMILES string of the molecule is COc1cc2c(c(F)c1OCC1(C#N)CCC1)CCN1C[C@@H](OC(C)(C)C)[C@H](O)C[C@H]21. The van der Waals surface area contributed by atoms with E-state index in [0.29, 0.717) is 37.2 Å². The van der Waals surface area contributed by atoms with E-state index in [0.717, 1.165) is 24.8 Å². The molecule has 1 N–H and O–H groups in total. The predicted octanol–water partition coefficient (Wildman–Crippen LogP) is 3.75. The van der Waals surface area contributed by atoms with Crippen molar-refractivity contribution in [3.63, 3.8) is 0 Å². The van der Waals surface area contributed by atoms with Gasteiger partial charge in [-0.2, -0.15) is 5.26 Å². The van der Waals surface area contributed by atoms with Gasteiger partial charge in [0.15, 0.2) is 17.3 Å². The van der Waals surface area contributed by atoms with Crippen molar-refractivity contribution in [2.75, 3.05) is 26.8 Å². The highest BCUT2D eigenvalue weighted by Gasteiger charge is 2.42. The topological polar surface area (TPSA) is 75.0 Å². The Hall–Kier alpha value is -1.88. The van der Waals surface area contributed by atoms with Crippen molar-refractivity contribution < 1.29 is 23.7 Å². The molecule has 2 aliphatic heterocycles. The van der Waals surface area contributed by atoms with Gasteiger partial charge in [0.1, 0.15) is 6.61 Å². The van der Waals surface area contributed by atoms with Crippen LogP contribution in [0.25, 0.3) is 0 Å². The molecule has 170 valence electrons. The summed E-state index contributed by atoms with van der Waals surface area (Å²) in [5.74, 6) is 0.0403. The zero-order chi connectivity index (χ0) is 22.4. The summed E-state index contributed by atoms with van der Waals surface area (Å²) in [5, 5.41) is 20.2. The van der Waals surface area contributed by atoms with Crippen LogP contribution in [0, 0.1) is 22.6 Å². The minimum absolute atomic E-state index is 0.0897. The summed E-state index contributed by atoms with van der Waals surface area (Å²) in [5.41, 5.74) is 0.619. The summed E-state index contributed by atoms with van der Waals surface area (Å²) in [7, 11) is 1.50. The number of benzene rings is 1. The van der Waals surface area contributed by atoms with E-state index in [1.54, 1.807) is 0 Å². The normalized spacial score (nSPS) is 27.5. The van der Waals surface area contributed by atoms with Gasteiger partial charge in [-0.15, -0.1) is 0 Å². The molecule has 4 rings (SSSR count). The number of nitrogens with zero attached hydrogens (tertiary/aromatic N) is 2. The highest BCUT2D eigenvalue weighted by Crippen LogP contribution is 2.46. The van der Waals surface area contributed by atoms with Gasteiger partial charge in [0, 0.05) is 19.1 Å². The van der Waals surface area contributed by atoms with Crippen molar-refractivity contribution in [2.45, 2.75) is 76.7 Å². The lowest BCUT2D eigenvalue weighted by atomic mass is 9.71. The molecule has 1 aromatic rings. The van der Waals surface area contributed by atoms with E-state index < -0.39 is 17.3 Å². The first kappa shape index (κ1) is 22.3. The van der Waals surface area contributed by atoms with Crippen molar-refractivity contribution in [2.24, 2.45) is 5.41 Å². The maximum absolute atomic E-state index is 15.6. The van der Waals surface area contributed by atoms with Crippen LogP contribution in [-0.4, -0.2) is 54.6 Å². The average molecular weight is 433 g/mol. The van der Waals surface area contributed by atoms with Crippen LogP contribution in [-0.2, 0) is 11.2 Å². The van der Waals surface area contributed by atoms with Crippen LogP contribution >= 0.6 is 0 Å². The molecule has 0 amide bonds. The van der Waals surface area contributed by atoms with Crippen molar-refractivity contribution in [3.05, 3.63) is 23.0 Å². The Bertz CT molecular complexity index is 872. The average Bonchev–Trinajstić information content (AvgIpc) is 2.68. The van der Waals surface area contributed by atoms with E-state index in [-0.39, 0.29) is 30.1 Å². The molecule has 0 unspecified atom stereocenters. The first-order chi connectivity index (χ1) is 14.7. The first-order valence-corrected chi connectivity index (χ1v) is 11.2. The molecule has 31 heavy (non-hydrogen) atoms. The third-order valence-corrected chi connectivity index (χ3v) is 6.85. The molecule has 2 fully saturated rings. The fraction of sp³-hybridized carbons (Fsp3) is 0.708. The fourth-order valence-corrected chi connectivity index (χ4v) is 5.01. The quantitative estimate of drug-likeness (QED) is 0.764. The van der Waals surface area contributed by atoms with E-state index in [9.17, 15) is 10.4 Å². The van der Waals surface area contributed by atoms with Crippen molar-refractivity contribution in [1.82, 2.24) is 4.90 Å². The Kier molecular flexibility index (Phi) is 5.93. The third kappa shape index (κ3) is 4.26. The van der Waals surface area contributed by atoms with Gasteiger partial charge in [-0.3, -0.25) is 4.90 Å². The molecule has 7 heteroatoms. The summed E-state index contributed by atoms with van der Waals surface area (Å²) < 4.78 is 33.0. The van der Waals surface area contributed by atoms with Crippen molar-refractivity contribution >= 4 is 0 Å². The van der Waals surface area contributed by atoms with Gasteiger partial charge in [0.2, 0.25) is 0 Å². The fourth-order valence-electron chi connectivity index (χ4n) is 5.01. The minimum atomic E-state index is -0.620. The molecule has 0 bridgehead atoms. The molecule has 1 saturated heterocycles. The highest BCUT2D eigenvalue weighted by atomic mass is 19.1. The maximum Gasteiger partial charge on any atom is 0.197 e. The summed E-state index contributed by atoms with van der Waals surface area (Å²) in [6, 6.07) is 4.09. The molecule has 0 spiro atoms. The van der Waals surface area contributed by atoms with Gasteiger partial charge in [0.25, 0.3) is 0 Å². The third-order valence-electron chi connectivity index (χ3n) is 6.85. The van der Waals surface area contributed by atoms with Crippen LogP contribution in [0.3, 0.4) is 0 Å². The van der Waals surface area contributed by atoms with Gasteiger partial charge in [-0.1, -0.05) is 6.42 Å². The molecule has 0 aromatic heterocycles. The number of aliphatic hydroxyl groups is 1. The van der Waals surface area contributed by atoms with Crippen molar-refractivity contribution in [1.29, 1.82) is 5.26 Å². The van der Waals surface area contributed by atoms with E-state index >= 15 is 4.39 Å². The number of aliphatic hydroxyl groups excluding tert-OH is 1. The van der Waals surface area contributed by atoms with Crippen molar-refractivity contribution in [3.8, 4) is 17.6 Å². The number of nitriles is 1. The number of ether oxygens (including phenoxy) is 3. The number of rotatable bonds is 5. The molecule has 1 aromatic carbocycles. The number of methoxy groups -OCH3 is 1. The van der Waals surface area contributed by atoms with E-state index in [4.69, 9.17) is 14.2 Å². The van der Waals surface area contributed by atoms with Crippen LogP contribution in [0.15, 0.2) is 6.07 Å². The van der Waals surface area contributed by atoms with Crippen LogP contribution in [0.4, 0.5) is 4.39 Å². The number of hydrogen-bond donors (Lipinski definition) is 1. The summed E-state index contributed by atoms with van der Waals surface area (Å²) in [6.07, 6.45) is 2.71. The lowest BCUT2D eigenvalue weighted by Crippen LogP contribution is -2.53. The second-order valence-electron chi connectivity index (χ2n) is 10.2. The zero-order valence-corrected chi connectivity index (χ0v) is 18.9. The Labute approximate surface area is 183 Å². The largest absolute Gasteiger partial charge is 0.493 e. The highest BCUT2D eigenvalue weighted by molar-refractivity contribution is 5.51. The van der Waals surface area contributed by atoms with Crippen LogP contribution in [0.2, 0.25) is 0 Å². The minimum Gasteiger partial charge on any atom is -0.493 e. The number of hydrogen-bond acceptors (Lipinski definition) is 6. The summed E-state index contributed by atoms with van der Waals surface area (Å²) in [6.45, 7) is 7.43. The predicted molar refractivity (Wildman–Crippen MR) is 114 cm³/mol. The van der Waals surface area contributed by atoms with Gasteiger partial charge < -0.3 is 19.3 Å². The molecule has 2 heterocycles. The Morgan fingerprint density at radius 2 is 2.10 bits per heavy atom. The van der Waals surface area contributed by atoms with Gasteiger partial charge >= 0.3 is 0 Å². The Morgan fingerprint density at radius 1 is 1.35 bits per heavy atom. The van der Waals surface area contributed by atoms with Gasteiger partial charge in [-0.25, -0.2) is 4.39 Å².